The molecule has 3 aromatic heterocycles. The molecule has 0 unspecified atom stereocenters. The number of nitrogens with zero attached hydrogens (tertiary/aromatic N) is 2. The fourth-order valence-corrected chi connectivity index (χ4v) is 6.24. The van der Waals surface area contributed by atoms with Gasteiger partial charge in [0.15, 0.2) is 13.2 Å². The van der Waals surface area contributed by atoms with Crippen LogP contribution in [0.15, 0.2) is 48.8 Å². The predicted molar refractivity (Wildman–Crippen MR) is 153 cm³/mol. The second kappa shape index (κ2) is 10.2. The lowest BCUT2D eigenvalue weighted by Gasteiger charge is -2.36. The summed E-state index contributed by atoms with van der Waals surface area (Å²) in [7, 11) is -1.88. The Labute approximate surface area is 228 Å². The Morgan fingerprint density at radius 1 is 1.24 bits per heavy atom. The monoisotopic (exact) mass is 556 g/mol. The second-order valence-electron chi connectivity index (χ2n) is 10.8. The molecule has 4 aromatic rings. The van der Waals surface area contributed by atoms with Gasteiger partial charge in [-0.05, 0) is 55.7 Å². The maximum Gasteiger partial charge on any atom is 0.349 e. The summed E-state index contributed by atoms with van der Waals surface area (Å²) in [5.41, 5.74) is 4.17. The highest BCUT2D eigenvalue weighted by Gasteiger charge is 2.37. The first-order valence-corrected chi connectivity index (χ1v) is 16.3. The van der Waals surface area contributed by atoms with Crippen molar-refractivity contribution in [3.8, 4) is 16.3 Å². The summed E-state index contributed by atoms with van der Waals surface area (Å²) in [4.78, 5) is 17.6. The highest BCUT2D eigenvalue weighted by atomic mass is 35.5. The molecule has 0 radical (unpaired) electrons. The molecule has 0 spiro atoms. The van der Waals surface area contributed by atoms with Crippen LogP contribution in [-0.2, 0) is 11.0 Å². The number of benzene rings is 1. The summed E-state index contributed by atoms with van der Waals surface area (Å²) in [6.07, 6.45) is 3.22. The lowest BCUT2D eigenvalue weighted by Crippen LogP contribution is -2.40. The average Bonchev–Trinajstić information content (AvgIpc) is 3.38. The van der Waals surface area contributed by atoms with Crippen molar-refractivity contribution >= 4 is 42.9 Å². The van der Waals surface area contributed by atoms with Gasteiger partial charge in [0, 0.05) is 22.3 Å². The molecule has 0 bridgehead atoms. The number of fused-ring (bicyclic) bond motifs is 1. The Bertz CT molecular complexity index is 1450. The van der Waals surface area contributed by atoms with Crippen molar-refractivity contribution in [3.05, 3.63) is 75.4 Å². The molecule has 0 fully saturated rings. The van der Waals surface area contributed by atoms with Gasteiger partial charge < -0.3 is 14.3 Å². The van der Waals surface area contributed by atoms with E-state index in [1.807, 2.05) is 60.8 Å². The van der Waals surface area contributed by atoms with E-state index in [-0.39, 0.29) is 9.92 Å². The Kier molecular flexibility index (Phi) is 7.59. The van der Waals surface area contributed by atoms with E-state index in [1.165, 1.54) is 11.3 Å². The number of rotatable bonds is 8. The Morgan fingerprint density at radius 3 is 2.62 bits per heavy atom. The molecule has 0 aliphatic carbocycles. The molecule has 9 heteroatoms. The van der Waals surface area contributed by atoms with Crippen LogP contribution in [0.1, 0.15) is 60.2 Å². The fraction of sp³-hybridized carbons (Fsp3) is 0.357. The van der Waals surface area contributed by atoms with E-state index in [9.17, 15) is 9.90 Å². The molecule has 6 nitrogen and oxygen atoms in total. The first-order chi connectivity index (χ1) is 17.3. The number of pyridine rings is 1. The van der Waals surface area contributed by atoms with Gasteiger partial charge in [0.25, 0.3) is 0 Å². The number of carboxylic acids is 1. The van der Waals surface area contributed by atoms with Crippen molar-refractivity contribution in [2.24, 2.45) is 0 Å². The normalized spacial score (nSPS) is 13.2. The zero-order valence-electron chi connectivity index (χ0n) is 22.3. The minimum absolute atomic E-state index is 0.126. The highest BCUT2D eigenvalue weighted by molar-refractivity contribution is 7.17. The van der Waals surface area contributed by atoms with E-state index in [0.717, 1.165) is 32.9 Å². The number of halogens is 1. The van der Waals surface area contributed by atoms with Gasteiger partial charge in [-0.3, -0.25) is 4.40 Å². The molecule has 0 saturated carbocycles. The average molecular weight is 557 g/mol. The van der Waals surface area contributed by atoms with Gasteiger partial charge >= 0.3 is 5.97 Å². The molecule has 1 N–H and O–H groups in total. The van der Waals surface area contributed by atoms with Crippen LogP contribution < -0.4 is 4.74 Å². The summed E-state index contributed by atoms with van der Waals surface area (Å²) in [5, 5.41) is 10.6. The van der Waals surface area contributed by atoms with Crippen molar-refractivity contribution in [1.29, 1.82) is 0 Å². The zero-order valence-corrected chi connectivity index (χ0v) is 24.8. The summed E-state index contributed by atoms with van der Waals surface area (Å²) in [5.74, 6) is -0.674. The van der Waals surface area contributed by atoms with Crippen LogP contribution >= 0.6 is 22.9 Å². The molecule has 0 amide bonds. The minimum atomic E-state index is -1.88. The van der Waals surface area contributed by atoms with Crippen molar-refractivity contribution in [2.45, 2.75) is 65.5 Å². The summed E-state index contributed by atoms with van der Waals surface area (Å²) >= 11 is 7.87. The Balaban J connectivity index is 1.59. The third-order valence-electron chi connectivity index (χ3n) is 7.14. The van der Waals surface area contributed by atoms with Gasteiger partial charge in [-0.2, -0.15) is 0 Å². The third kappa shape index (κ3) is 5.48. The Hall–Kier alpha value is -2.65. The number of aromatic carboxylic acids is 1. The molecular formula is C28H33ClN2O4SSi. The topological polar surface area (TPSA) is 73.1 Å². The largest absolute Gasteiger partial charge is 0.484 e. The molecule has 0 aliphatic rings. The molecular weight excluding hydrogens is 524 g/mol. The number of aromatic nitrogens is 2. The molecule has 196 valence electrons. The van der Waals surface area contributed by atoms with Crippen LogP contribution in [0.4, 0.5) is 0 Å². The minimum Gasteiger partial charge on any atom is -0.484 e. The van der Waals surface area contributed by atoms with Crippen LogP contribution in [0.5, 0.6) is 5.75 Å². The second-order valence-corrected chi connectivity index (χ2v) is 17.0. The summed E-state index contributed by atoms with van der Waals surface area (Å²) in [6.45, 7) is 15.4. The molecule has 1 aromatic carbocycles. The highest BCUT2D eigenvalue weighted by Crippen LogP contribution is 2.44. The zero-order chi connectivity index (χ0) is 27.1. The van der Waals surface area contributed by atoms with Gasteiger partial charge in [-0.25, -0.2) is 9.78 Å². The maximum absolute atomic E-state index is 12.1. The number of thiophene rings is 1. The lowest BCUT2D eigenvalue weighted by atomic mass is 10.1. The van der Waals surface area contributed by atoms with Crippen molar-refractivity contribution < 1.29 is 19.1 Å². The number of imidazole rings is 1. The number of ether oxygens (including phenoxy) is 1. The number of carbonyl (C=O) groups is 1. The van der Waals surface area contributed by atoms with E-state index in [2.05, 4.69) is 38.8 Å². The molecule has 0 aliphatic heterocycles. The van der Waals surface area contributed by atoms with Crippen LogP contribution in [0.2, 0.25) is 23.2 Å². The van der Waals surface area contributed by atoms with Crippen LogP contribution in [0.3, 0.4) is 0 Å². The first kappa shape index (κ1) is 27.4. The fourth-order valence-electron chi connectivity index (χ4n) is 3.84. The van der Waals surface area contributed by atoms with Crippen molar-refractivity contribution in [1.82, 2.24) is 9.38 Å². The van der Waals surface area contributed by atoms with Crippen molar-refractivity contribution in [3.63, 3.8) is 0 Å². The molecule has 0 saturated heterocycles. The number of carboxylic acid groups (broad SMARTS) is 1. The SMILES string of the molecule is Cc1c(-c2cnc3ccccn23)sc(C(=O)O)c1O[C@H](C)c1ccc(CO[Si](C)(C)C(C)(C)C)cc1Cl. The van der Waals surface area contributed by atoms with E-state index in [1.54, 1.807) is 6.20 Å². The van der Waals surface area contributed by atoms with Crippen LogP contribution in [-0.4, -0.2) is 28.8 Å². The van der Waals surface area contributed by atoms with E-state index < -0.39 is 20.4 Å². The van der Waals surface area contributed by atoms with E-state index >= 15 is 0 Å². The van der Waals surface area contributed by atoms with Gasteiger partial charge in [0.2, 0.25) is 0 Å². The van der Waals surface area contributed by atoms with Gasteiger partial charge in [-0.15, -0.1) is 11.3 Å². The van der Waals surface area contributed by atoms with Gasteiger partial charge in [0.05, 0.1) is 23.4 Å². The number of hydrogen-bond donors (Lipinski definition) is 1. The third-order valence-corrected chi connectivity index (χ3v) is 13.2. The number of hydrogen-bond acceptors (Lipinski definition) is 5. The standard InChI is InChI=1S/C28H33ClN2O4SSi/c1-17-24(26(27(32)33)36-25(17)22-15-30-23-10-8-9-13-31(22)23)35-18(2)20-12-11-19(14-21(20)29)16-34-37(6,7)28(3,4)5/h8-15,18H,16H2,1-7H3,(H,32,33)/t18-/m1/s1. The summed E-state index contributed by atoms with van der Waals surface area (Å²) < 4.78 is 14.6. The van der Waals surface area contributed by atoms with Crippen LogP contribution in [0.25, 0.3) is 16.2 Å². The predicted octanol–water partition coefficient (Wildman–Crippen LogP) is 8.38. The van der Waals surface area contributed by atoms with Crippen molar-refractivity contribution in [2.75, 3.05) is 0 Å². The van der Waals surface area contributed by atoms with Crippen LogP contribution in [0, 0.1) is 6.92 Å². The lowest BCUT2D eigenvalue weighted by molar-refractivity contribution is 0.0695. The van der Waals surface area contributed by atoms with Gasteiger partial charge in [-0.1, -0.05) is 50.6 Å². The van der Waals surface area contributed by atoms with E-state index in [4.69, 9.17) is 20.8 Å². The molecule has 1 atom stereocenters. The Morgan fingerprint density at radius 2 is 1.97 bits per heavy atom. The van der Waals surface area contributed by atoms with E-state index in [0.29, 0.717) is 17.4 Å². The van der Waals surface area contributed by atoms with Gasteiger partial charge in [0.1, 0.15) is 17.5 Å². The molecule has 4 rings (SSSR count). The smallest absolute Gasteiger partial charge is 0.349 e. The molecule has 3 heterocycles. The molecule has 37 heavy (non-hydrogen) atoms. The maximum atomic E-state index is 12.1. The summed E-state index contributed by atoms with van der Waals surface area (Å²) in [6, 6.07) is 11.6. The first-order valence-electron chi connectivity index (χ1n) is 12.2. The quantitative estimate of drug-likeness (QED) is 0.221.